The van der Waals surface area contributed by atoms with E-state index in [1.54, 1.807) is 60.7 Å². The molecule has 1 saturated heterocycles. The van der Waals surface area contributed by atoms with Gasteiger partial charge in [0.1, 0.15) is 5.75 Å². The molecule has 6 nitrogen and oxygen atoms in total. The molecule has 0 aromatic heterocycles. The summed E-state index contributed by atoms with van der Waals surface area (Å²) in [6.45, 7) is -0.245. The fraction of sp³-hybridized carbons (Fsp3) is 0.0800. The maximum Gasteiger partial charge on any atom is 0.293 e. The van der Waals surface area contributed by atoms with E-state index >= 15 is 0 Å². The molecule has 0 radical (unpaired) electrons. The van der Waals surface area contributed by atoms with Gasteiger partial charge in [-0.3, -0.25) is 19.3 Å². The number of ether oxygens (including phenoxy) is 1. The number of anilines is 1. The lowest BCUT2D eigenvalue weighted by Gasteiger charge is -2.14. The minimum absolute atomic E-state index is 0.0294. The van der Waals surface area contributed by atoms with Crippen molar-refractivity contribution in [3.63, 3.8) is 0 Å². The zero-order valence-electron chi connectivity index (χ0n) is 17.7. The van der Waals surface area contributed by atoms with Crippen LogP contribution in [0.25, 0.3) is 6.08 Å². The van der Waals surface area contributed by atoms with E-state index < -0.39 is 11.1 Å². The lowest BCUT2D eigenvalue weighted by atomic mass is 10.1. The molecule has 3 aromatic rings. The molecule has 1 aliphatic rings. The first-order chi connectivity index (χ1) is 16.4. The van der Waals surface area contributed by atoms with Crippen LogP contribution in [0.15, 0.2) is 77.7 Å². The average Bonchev–Trinajstić information content (AvgIpc) is 3.08. The Balaban J connectivity index is 1.47. The van der Waals surface area contributed by atoms with Crippen molar-refractivity contribution in [2.75, 3.05) is 11.9 Å². The third-order valence-corrected chi connectivity index (χ3v) is 6.49. The summed E-state index contributed by atoms with van der Waals surface area (Å²) in [5.41, 5.74) is 1.73. The molecule has 3 aromatic carbocycles. The van der Waals surface area contributed by atoms with Gasteiger partial charge in [0, 0.05) is 26.9 Å². The molecule has 0 saturated carbocycles. The Labute approximate surface area is 210 Å². The Kier molecular flexibility index (Phi) is 7.57. The van der Waals surface area contributed by atoms with Gasteiger partial charge >= 0.3 is 0 Å². The van der Waals surface area contributed by atoms with E-state index in [1.165, 1.54) is 0 Å². The molecule has 1 fully saturated rings. The fourth-order valence-electron chi connectivity index (χ4n) is 3.21. The molecule has 0 unspecified atom stereocenters. The highest BCUT2D eigenvalue weighted by Crippen LogP contribution is 2.36. The van der Waals surface area contributed by atoms with Gasteiger partial charge < -0.3 is 10.1 Å². The molecule has 1 aliphatic heterocycles. The van der Waals surface area contributed by atoms with E-state index in [4.69, 9.17) is 27.9 Å². The van der Waals surface area contributed by atoms with Crippen LogP contribution in [0.2, 0.25) is 10.0 Å². The van der Waals surface area contributed by atoms with Crippen LogP contribution in [0.1, 0.15) is 11.1 Å². The Morgan fingerprint density at radius 3 is 2.35 bits per heavy atom. The lowest BCUT2D eigenvalue weighted by molar-refractivity contribution is -0.123. The number of amides is 3. The summed E-state index contributed by atoms with van der Waals surface area (Å²) < 4.78 is 5.69. The molecule has 34 heavy (non-hydrogen) atoms. The van der Waals surface area contributed by atoms with E-state index in [1.807, 2.05) is 18.2 Å². The fourth-order valence-corrected chi connectivity index (χ4v) is 4.56. The topological polar surface area (TPSA) is 75.7 Å². The average molecular weight is 513 g/mol. The quantitative estimate of drug-likeness (QED) is 0.378. The van der Waals surface area contributed by atoms with Gasteiger partial charge in [0.25, 0.3) is 17.1 Å². The van der Waals surface area contributed by atoms with Crippen molar-refractivity contribution in [2.45, 2.75) is 6.54 Å². The standard InChI is InChI=1S/C25H18Cl2N2O4S/c26-19-10-6-11-20(27)18(19)14-29-24(31)22(34-25(29)32)13-16-7-4-5-12-21(16)33-15-23(30)28-17-8-2-1-3-9-17/h1-13H,14-15H2,(H,28,30)/b22-13-. The third kappa shape index (κ3) is 5.62. The van der Waals surface area contributed by atoms with Gasteiger partial charge in [-0.1, -0.05) is 65.7 Å². The first kappa shape index (κ1) is 23.9. The van der Waals surface area contributed by atoms with Crippen LogP contribution in [0.3, 0.4) is 0 Å². The van der Waals surface area contributed by atoms with Gasteiger partial charge in [0.15, 0.2) is 6.61 Å². The van der Waals surface area contributed by atoms with E-state index in [2.05, 4.69) is 5.32 Å². The molecule has 0 spiro atoms. The summed E-state index contributed by atoms with van der Waals surface area (Å²) in [6.07, 6.45) is 1.57. The number of para-hydroxylation sites is 2. The number of benzene rings is 3. The molecule has 0 aliphatic carbocycles. The summed E-state index contributed by atoms with van der Waals surface area (Å²) in [5, 5.41) is 3.08. The van der Waals surface area contributed by atoms with Gasteiger partial charge in [-0.05, 0) is 48.2 Å². The minimum atomic E-state index is -0.456. The molecule has 0 atom stereocenters. The molecule has 0 bridgehead atoms. The van der Waals surface area contributed by atoms with Crippen LogP contribution in [0.5, 0.6) is 5.75 Å². The van der Waals surface area contributed by atoms with Crippen LogP contribution in [0.4, 0.5) is 10.5 Å². The van der Waals surface area contributed by atoms with Gasteiger partial charge in [-0.25, -0.2) is 0 Å². The number of carbonyl (C=O) groups excluding carboxylic acids is 3. The number of hydrogen-bond acceptors (Lipinski definition) is 5. The van der Waals surface area contributed by atoms with Gasteiger partial charge in [-0.15, -0.1) is 0 Å². The van der Waals surface area contributed by atoms with Crippen LogP contribution in [0, 0.1) is 0 Å². The molecule has 1 heterocycles. The predicted octanol–water partition coefficient (Wildman–Crippen LogP) is 6.25. The molecular weight excluding hydrogens is 495 g/mol. The molecule has 3 amide bonds. The first-order valence-electron chi connectivity index (χ1n) is 10.2. The monoisotopic (exact) mass is 512 g/mol. The van der Waals surface area contributed by atoms with Crippen molar-refractivity contribution >= 4 is 63.8 Å². The van der Waals surface area contributed by atoms with Gasteiger partial charge in [0.2, 0.25) is 0 Å². The number of thioether (sulfide) groups is 1. The number of carbonyl (C=O) groups is 3. The second-order valence-electron chi connectivity index (χ2n) is 7.21. The maximum atomic E-state index is 13.0. The zero-order chi connectivity index (χ0) is 24.1. The van der Waals surface area contributed by atoms with Crippen molar-refractivity contribution in [2.24, 2.45) is 0 Å². The van der Waals surface area contributed by atoms with Crippen molar-refractivity contribution < 1.29 is 19.1 Å². The van der Waals surface area contributed by atoms with E-state index in [-0.39, 0.29) is 24.0 Å². The second kappa shape index (κ2) is 10.8. The molecule has 4 rings (SSSR count). The second-order valence-corrected chi connectivity index (χ2v) is 9.02. The molecule has 1 N–H and O–H groups in total. The molecule has 9 heteroatoms. The highest BCUT2D eigenvalue weighted by atomic mass is 35.5. The third-order valence-electron chi connectivity index (χ3n) is 4.87. The normalized spacial score (nSPS) is 14.5. The number of imide groups is 1. The highest BCUT2D eigenvalue weighted by Gasteiger charge is 2.36. The number of nitrogens with one attached hydrogen (secondary N) is 1. The Morgan fingerprint density at radius 2 is 1.62 bits per heavy atom. The van der Waals surface area contributed by atoms with Crippen molar-refractivity contribution in [3.05, 3.63) is 98.9 Å². The summed E-state index contributed by atoms with van der Waals surface area (Å²) in [7, 11) is 0. The van der Waals surface area contributed by atoms with Crippen LogP contribution < -0.4 is 10.1 Å². The SMILES string of the molecule is O=C(COc1ccccc1/C=C1\SC(=O)N(Cc2c(Cl)cccc2Cl)C1=O)Nc1ccccc1. The summed E-state index contributed by atoms with van der Waals surface area (Å²) in [6, 6.07) is 21.0. The Bertz CT molecular complexity index is 1260. The number of halogens is 2. The highest BCUT2D eigenvalue weighted by molar-refractivity contribution is 8.18. The molecule has 172 valence electrons. The largest absolute Gasteiger partial charge is 0.483 e. The minimum Gasteiger partial charge on any atom is -0.483 e. The Hall–Kier alpha value is -3.26. The first-order valence-corrected chi connectivity index (χ1v) is 11.7. The summed E-state index contributed by atoms with van der Waals surface area (Å²) >= 11 is 13.2. The maximum absolute atomic E-state index is 13.0. The van der Waals surface area contributed by atoms with E-state index in [0.717, 1.165) is 16.7 Å². The summed E-state index contributed by atoms with van der Waals surface area (Å²) in [4.78, 5) is 39.1. The predicted molar refractivity (Wildman–Crippen MR) is 135 cm³/mol. The van der Waals surface area contributed by atoms with Gasteiger partial charge in [0.05, 0.1) is 11.4 Å². The van der Waals surface area contributed by atoms with E-state index in [0.29, 0.717) is 32.6 Å². The summed E-state index contributed by atoms with van der Waals surface area (Å²) in [5.74, 6) is -0.368. The number of hydrogen-bond donors (Lipinski definition) is 1. The van der Waals surface area contributed by atoms with Crippen LogP contribution >= 0.6 is 35.0 Å². The van der Waals surface area contributed by atoms with Crippen LogP contribution in [-0.4, -0.2) is 28.6 Å². The van der Waals surface area contributed by atoms with E-state index in [9.17, 15) is 14.4 Å². The smallest absolute Gasteiger partial charge is 0.293 e. The number of nitrogens with zero attached hydrogens (tertiary/aromatic N) is 1. The Morgan fingerprint density at radius 1 is 0.941 bits per heavy atom. The van der Waals surface area contributed by atoms with Gasteiger partial charge in [-0.2, -0.15) is 0 Å². The van der Waals surface area contributed by atoms with Crippen LogP contribution in [-0.2, 0) is 16.1 Å². The zero-order valence-corrected chi connectivity index (χ0v) is 20.0. The molecular formula is C25H18Cl2N2O4S. The van der Waals surface area contributed by atoms with Crippen molar-refractivity contribution in [1.29, 1.82) is 0 Å². The van der Waals surface area contributed by atoms with Crippen molar-refractivity contribution in [3.8, 4) is 5.75 Å². The number of rotatable bonds is 7. The lowest BCUT2D eigenvalue weighted by Crippen LogP contribution is -2.27. The van der Waals surface area contributed by atoms with Crippen molar-refractivity contribution in [1.82, 2.24) is 4.90 Å².